The number of hydrogen-bond donors (Lipinski definition) is 3. The highest BCUT2D eigenvalue weighted by Gasteiger charge is 2.16. The van der Waals surface area contributed by atoms with Crippen LogP contribution in [0.3, 0.4) is 0 Å². The fraction of sp³-hybridized carbons (Fsp3) is 0.357. The summed E-state index contributed by atoms with van der Waals surface area (Å²) in [5.41, 5.74) is 1.77. The molecule has 2 aromatic heterocycles. The minimum absolute atomic E-state index is 0.0247. The van der Waals surface area contributed by atoms with E-state index in [1.165, 1.54) is 0 Å². The molecule has 0 amide bonds. The van der Waals surface area contributed by atoms with Crippen LogP contribution in [0.15, 0.2) is 30.6 Å². The Balaban J connectivity index is 1.68. The fourth-order valence-electron chi connectivity index (χ4n) is 2.11. The van der Waals surface area contributed by atoms with Gasteiger partial charge in [-0.15, -0.1) is 0 Å². The van der Waals surface area contributed by atoms with Crippen LogP contribution in [-0.4, -0.2) is 41.7 Å². The van der Waals surface area contributed by atoms with Crippen LogP contribution in [0.5, 0.6) is 0 Å². The fourth-order valence-corrected chi connectivity index (χ4v) is 2.11. The largest absolute Gasteiger partial charge is 0.373 e. The molecule has 2 aromatic rings. The number of rotatable bonds is 4. The van der Waals surface area contributed by atoms with E-state index in [4.69, 9.17) is 4.74 Å². The number of pyridine rings is 1. The van der Waals surface area contributed by atoms with Gasteiger partial charge in [0.05, 0.1) is 24.2 Å². The highest BCUT2D eigenvalue weighted by atomic mass is 16.5. The maximum Gasteiger partial charge on any atom is 0.229 e. The first kappa shape index (κ1) is 13.7. The number of hydrogen-bond acceptors (Lipinski definition) is 7. The van der Waals surface area contributed by atoms with Gasteiger partial charge >= 0.3 is 0 Å². The Morgan fingerprint density at radius 1 is 1.29 bits per heavy atom. The van der Waals surface area contributed by atoms with Crippen molar-refractivity contribution >= 4 is 17.5 Å². The van der Waals surface area contributed by atoms with E-state index in [1.54, 1.807) is 18.5 Å². The normalized spacial score (nSPS) is 18.2. The molecule has 0 saturated carbocycles. The Bertz CT molecular complexity index is 582. The predicted octanol–water partition coefficient (Wildman–Crippen LogP) is 1.32. The van der Waals surface area contributed by atoms with Gasteiger partial charge in [-0.1, -0.05) is 0 Å². The van der Waals surface area contributed by atoms with E-state index in [-0.39, 0.29) is 6.10 Å². The van der Waals surface area contributed by atoms with Gasteiger partial charge in [-0.2, -0.15) is 4.98 Å². The first-order chi connectivity index (χ1) is 10.3. The molecule has 3 heterocycles. The number of anilines is 3. The second-order valence-electron chi connectivity index (χ2n) is 4.68. The third-order valence-electron chi connectivity index (χ3n) is 3.21. The molecule has 110 valence electrons. The van der Waals surface area contributed by atoms with Crippen LogP contribution < -0.4 is 16.0 Å². The molecule has 3 rings (SSSR count). The summed E-state index contributed by atoms with van der Waals surface area (Å²) < 4.78 is 5.67. The number of aromatic nitrogens is 3. The second kappa shape index (κ2) is 6.47. The molecule has 1 aliphatic heterocycles. The monoisotopic (exact) mass is 286 g/mol. The summed E-state index contributed by atoms with van der Waals surface area (Å²) in [6.45, 7) is 2.42. The van der Waals surface area contributed by atoms with E-state index >= 15 is 0 Å². The summed E-state index contributed by atoms with van der Waals surface area (Å²) in [6.07, 6.45) is 3.49. The molecule has 1 unspecified atom stereocenters. The second-order valence-corrected chi connectivity index (χ2v) is 4.68. The van der Waals surface area contributed by atoms with Gasteiger partial charge in [0.15, 0.2) is 0 Å². The van der Waals surface area contributed by atoms with Gasteiger partial charge in [0.1, 0.15) is 11.9 Å². The third kappa shape index (κ3) is 3.45. The minimum Gasteiger partial charge on any atom is -0.373 e. The zero-order chi connectivity index (χ0) is 14.5. The predicted molar refractivity (Wildman–Crippen MR) is 80.7 cm³/mol. The van der Waals surface area contributed by atoms with Crippen molar-refractivity contribution in [3.8, 4) is 0 Å². The van der Waals surface area contributed by atoms with Crippen LogP contribution in [0.4, 0.5) is 17.5 Å². The average Bonchev–Trinajstić information content (AvgIpc) is 2.56. The molecule has 1 aliphatic rings. The summed E-state index contributed by atoms with van der Waals surface area (Å²) in [7, 11) is 1.82. The molecule has 1 saturated heterocycles. The highest BCUT2D eigenvalue weighted by molar-refractivity contribution is 5.53. The van der Waals surface area contributed by atoms with Crippen LogP contribution >= 0.6 is 0 Å². The van der Waals surface area contributed by atoms with Gasteiger partial charge in [-0.05, 0) is 18.2 Å². The quantitative estimate of drug-likeness (QED) is 0.781. The van der Waals surface area contributed by atoms with Gasteiger partial charge in [-0.3, -0.25) is 4.98 Å². The Kier molecular flexibility index (Phi) is 4.23. The van der Waals surface area contributed by atoms with E-state index in [0.717, 1.165) is 36.9 Å². The molecule has 1 fully saturated rings. The summed E-state index contributed by atoms with van der Waals surface area (Å²) in [4.78, 5) is 12.9. The Morgan fingerprint density at radius 3 is 2.95 bits per heavy atom. The van der Waals surface area contributed by atoms with Gasteiger partial charge < -0.3 is 20.7 Å². The lowest BCUT2D eigenvalue weighted by atomic mass is 10.2. The van der Waals surface area contributed by atoms with Crippen molar-refractivity contribution in [1.29, 1.82) is 0 Å². The molecule has 7 heteroatoms. The molecule has 7 nitrogen and oxygen atoms in total. The zero-order valence-corrected chi connectivity index (χ0v) is 11.8. The zero-order valence-electron chi connectivity index (χ0n) is 11.8. The number of ether oxygens (including phenoxy) is 1. The molecule has 0 aliphatic carbocycles. The summed E-state index contributed by atoms with van der Waals surface area (Å²) >= 11 is 0. The van der Waals surface area contributed by atoms with Crippen molar-refractivity contribution in [3.05, 3.63) is 36.3 Å². The van der Waals surface area contributed by atoms with Gasteiger partial charge in [-0.25, -0.2) is 4.98 Å². The van der Waals surface area contributed by atoms with Crippen LogP contribution in [0.1, 0.15) is 11.8 Å². The highest BCUT2D eigenvalue weighted by Crippen LogP contribution is 2.19. The van der Waals surface area contributed by atoms with Gasteiger partial charge in [0.2, 0.25) is 5.95 Å². The molecular weight excluding hydrogens is 268 g/mol. The van der Waals surface area contributed by atoms with E-state index in [9.17, 15) is 0 Å². The van der Waals surface area contributed by atoms with Crippen LogP contribution in [-0.2, 0) is 4.74 Å². The molecule has 21 heavy (non-hydrogen) atoms. The standard InChI is InChI=1S/C14H18N6O/c1-15-13-4-5-17-14(20-13)19-10-2-3-11(18-8-10)12-9-16-6-7-21-12/h2-5,8,12,16H,6-7,9H2,1H3,(H2,15,17,19,20). The van der Waals surface area contributed by atoms with Crippen LogP contribution in [0.25, 0.3) is 0 Å². The molecule has 3 N–H and O–H groups in total. The van der Waals surface area contributed by atoms with Crippen molar-refractivity contribution < 1.29 is 4.74 Å². The maximum absolute atomic E-state index is 5.67. The topological polar surface area (TPSA) is 84.0 Å². The van der Waals surface area contributed by atoms with Crippen molar-refractivity contribution in [2.45, 2.75) is 6.10 Å². The van der Waals surface area contributed by atoms with Crippen LogP contribution in [0.2, 0.25) is 0 Å². The van der Waals surface area contributed by atoms with Gasteiger partial charge in [0.25, 0.3) is 0 Å². The summed E-state index contributed by atoms with van der Waals surface area (Å²) in [5, 5.41) is 9.40. The van der Waals surface area contributed by atoms with E-state index in [1.807, 2.05) is 19.2 Å². The maximum atomic E-state index is 5.67. The number of morpholine rings is 1. The van der Waals surface area contributed by atoms with E-state index < -0.39 is 0 Å². The molecule has 1 atom stereocenters. The van der Waals surface area contributed by atoms with Crippen molar-refractivity contribution in [3.63, 3.8) is 0 Å². The van der Waals surface area contributed by atoms with Crippen LogP contribution in [0, 0.1) is 0 Å². The molecule has 0 spiro atoms. The Hall–Kier alpha value is -2.25. The van der Waals surface area contributed by atoms with E-state index in [2.05, 4.69) is 30.9 Å². The van der Waals surface area contributed by atoms with Gasteiger partial charge in [0, 0.05) is 26.3 Å². The molecule has 0 radical (unpaired) electrons. The lowest BCUT2D eigenvalue weighted by Gasteiger charge is -2.23. The average molecular weight is 286 g/mol. The minimum atomic E-state index is 0.0247. The number of nitrogens with zero attached hydrogens (tertiary/aromatic N) is 3. The molecular formula is C14H18N6O. The van der Waals surface area contributed by atoms with Crippen molar-refractivity contribution in [2.75, 3.05) is 37.4 Å². The van der Waals surface area contributed by atoms with Crippen molar-refractivity contribution in [1.82, 2.24) is 20.3 Å². The summed E-state index contributed by atoms with van der Waals surface area (Å²) in [6, 6.07) is 5.72. The first-order valence-electron chi connectivity index (χ1n) is 6.91. The lowest BCUT2D eigenvalue weighted by molar-refractivity contribution is 0.0250. The van der Waals surface area contributed by atoms with E-state index in [0.29, 0.717) is 5.95 Å². The molecule has 0 bridgehead atoms. The van der Waals surface area contributed by atoms with Crippen molar-refractivity contribution in [2.24, 2.45) is 0 Å². The lowest BCUT2D eigenvalue weighted by Crippen LogP contribution is -2.33. The Labute approximate surface area is 123 Å². The molecule has 0 aromatic carbocycles. The Morgan fingerprint density at radius 2 is 2.24 bits per heavy atom. The summed E-state index contributed by atoms with van der Waals surface area (Å²) in [5.74, 6) is 1.30. The SMILES string of the molecule is CNc1ccnc(Nc2ccc(C3CNCCO3)nc2)n1. The smallest absolute Gasteiger partial charge is 0.229 e. The third-order valence-corrected chi connectivity index (χ3v) is 3.21. The number of nitrogens with one attached hydrogen (secondary N) is 3. The first-order valence-corrected chi connectivity index (χ1v) is 6.91.